The highest BCUT2D eigenvalue weighted by Gasteiger charge is 2.15. The highest BCUT2D eigenvalue weighted by atomic mass is 35.5. The summed E-state index contributed by atoms with van der Waals surface area (Å²) < 4.78 is 2.55. The maximum Gasteiger partial charge on any atom is 0.329 e. The van der Waals surface area contributed by atoms with Crippen LogP contribution in [0.1, 0.15) is 0 Å². The standard InChI is InChI=1S/C8H9ClN4O3/c1-12-5-4(6(15)11-8(12)16)13(2-3-14)7(9)10-5/h14H,2-3H2,1H3,(H,11,15,16). The molecule has 8 heteroatoms. The molecule has 2 aromatic rings. The molecule has 16 heavy (non-hydrogen) atoms. The molecular weight excluding hydrogens is 236 g/mol. The molecule has 0 aliphatic carbocycles. The zero-order chi connectivity index (χ0) is 11.9. The third-order valence-corrected chi connectivity index (χ3v) is 2.57. The fourth-order valence-electron chi connectivity index (χ4n) is 1.51. The molecule has 0 atom stereocenters. The summed E-state index contributed by atoms with van der Waals surface area (Å²) in [6, 6.07) is 0. The van der Waals surface area contributed by atoms with Crippen LogP contribution in [0.3, 0.4) is 0 Å². The van der Waals surface area contributed by atoms with Gasteiger partial charge in [0.1, 0.15) is 0 Å². The molecule has 0 aromatic carbocycles. The van der Waals surface area contributed by atoms with Crippen molar-refractivity contribution < 1.29 is 5.11 Å². The Balaban J connectivity index is 2.95. The molecule has 0 amide bonds. The quantitative estimate of drug-likeness (QED) is 0.668. The van der Waals surface area contributed by atoms with E-state index in [1.807, 2.05) is 0 Å². The summed E-state index contributed by atoms with van der Waals surface area (Å²) in [6.07, 6.45) is 0. The third-order valence-electron chi connectivity index (χ3n) is 2.28. The molecule has 0 bridgehead atoms. The molecule has 0 aliphatic heterocycles. The van der Waals surface area contributed by atoms with Gasteiger partial charge in [0.25, 0.3) is 5.56 Å². The number of rotatable bonds is 2. The Kier molecular flexibility index (Phi) is 2.56. The molecular formula is C8H9ClN4O3. The van der Waals surface area contributed by atoms with Crippen LogP contribution in [0.4, 0.5) is 0 Å². The molecule has 0 saturated heterocycles. The number of hydrogen-bond acceptors (Lipinski definition) is 4. The number of hydrogen-bond donors (Lipinski definition) is 2. The van der Waals surface area contributed by atoms with Crippen molar-refractivity contribution in [3.05, 3.63) is 26.1 Å². The van der Waals surface area contributed by atoms with E-state index in [1.54, 1.807) is 0 Å². The van der Waals surface area contributed by atoms with E-state index in [0.29, 0.717) is 0 Å². The first-order valence-electron chi connectivity index (χ1n) is 4.52. The van der Waals surface area contributed by atoms with Crippen molar-refractivity contribution in [2.75, 3.05) is 6.61 Å². The van der Waals surface area contributed by atoms with E-state index in [0.717, 1.165) is 0 Å². The normalized spacial score (nSPS) is 11.2. The number of H-pyrrole nitrogens is 1. The summed E-state index contributed by atoms with van der Waals surface area (Å²) in [5, 5.41) is 8.91. The first-order valence-corrected chi connectivity index (χ1v) is 4.90. The van der Waals surface area contributed by atoms with Crippen LogP contribution in [0, 0.1) is 0 Å². The second kappa shape index (κ2) is 3.76. The van der Waals surface area contributed by atoms with Gasteiger partial charge in [-0.3, -0.25) is 14.3 Å². The van der Waals surface area contributed by atoms with Crippen molar-refractivity contribution in [3.63, 3.8) is 0 Å². The molecule has 0 spiro atoms. The van der Waals surface area contributed by atoms with Crippen LogP contribution in [-0.2, 0) is 13.6 Å². The maximum atomic E-state index is 11.6. The van der Waals surface area contributed by atoms with Crippen LogP contribution in [0.15, 0.2) is 9.59 Å². The smallest absolute Gasteiger partial charge is 0.329 e. The molecule has 7 nitrogen and oxygen atoms in total. The number of fused-ring (bicyclic) bond motifs is 1. The largest absolute Gasteiger partial charge is 0.395 e. The third kappa shape index (κ3) is 1.44. The predicted octanol–water partition coefficient (Wildman–Crippen LogP) is -0.931. The number of aliphatic hydroxyl groups excluding tert-OH is 1. The maximum absolute atomic E-state index is 11.6. The summed E-state index contributed by atoms with van der Waals surface area (Å²) >= 11 is 5.82. The van der Waals surface area contributed by atoms with Crippen molar-refractivity contribution >= 4 is 22.8 Å². The lowest BCUT2D eigenvalue weighted by Crippen LogP contribution is -2.29. The average Bonchev–Trinajstić information content (AvgIpc) is 2.54. The van der Waals surface area contributed by atoms with Crippen LogP contribution in [0.5, 0.6) is 0 Å². The summed E-state index contributed by atoms with van der Waals surface area (Å²) in [7, 11) is 1.48. The van der Waals surface area contributed by atoms with Gasteiger partial charge < -0.3 is 9.67 Å². The fourth-order valence-corrected chi connectivity index (χ4v) is 1.76. The minimum absolute atomic E-state index is 0.0655. The highest BCUT2D eigenvalue weighted by molar-refractivity contribution is 6.29. The fraction of sp³-hybridized carbons (Fsp3) is 0.375. The van der Waals surface area contributed by atoms with E-state index in [1.165, 1.54) is 16.2 Å². The Labute approximate surface area is 93.9 Å². The number of halogens is 1. The van der Waals surface area contributed by atoms with Crippen molar-refractivity contribution in [2.24, 2.45) is 7.05 Å². The number of aromatic nitrogens is 4. The Morgan fingerprint density at radius 1 is 1.50 bits per heavy atom. The minimum atomic E-state index is -0.564. The molecule has 0 fully saturated rings. The zero-order valence-electron chi connectivity index (χ0n) is 8.40. The number of nitrogens with one attached hydrogen (secondary N) is 1. The number of aliphatic hydroxyl groups is 1. The first-order chi connectivity index (χ1) is 7.56. The molecule has 2 N–H and O–H groups in total. The van der Waals surface area contributed by atoms with Gasteiger partial charge in [0.05, 0.1) is 6.61 Å². The summed E-state index contributed by atoms with van der Waals surface area (Å²) in [6.45, 7) is -0.0237. The lowest BCUT2D eigenvalue weighted by atomic mass is 10.5. The van der Waals surface area contributed by atoms with Gasteiger partial charge in [-0.1, -0.05) is 0 Å². The van der Waals surface area contributed by atoms with Crippen LogP contribution >= 0.6 is 11.6 Å². The molecule has 2 rings (SSSR count). The van der Waals surface area contributed by atoms with Gasteiger partial charge in [0.15, 0.2) is 11.2 Å². The minimum Gasteiger partial charge on any atom is -0.395 e. The summed E-state index contributed by atoms with van der Waals surface area (Å²) in [5.74, 6) is 0. The SMILES string of the molecule is Cn1c(=O)[nH]c(=O)c2c1nc(Cl)n2CCO. The van der Waals surface area contributed by atoms with Gasteiger partial charge in [0.2, 0.25) is 5.28 Å². The van der Waals surface area contributed by atoms with Gasteiger partial charge in [-0.25, -0.2) is 4.79 Å². The van der Waals surface area contributed by atoms with Crippen molar-refractivity contribution in [1.29, 1.82) is 0 Å². The number of aryl methyl sites for hydroxylation is 1. The summed E-state index contributed by atoms with van der Waals surface area (Å²) in [4.78, 5) is 28.9. The van der Waals surface area contributed by atoms with Gasteiger partial charge in [-0.05, 0) is 11.6 Å². The highest BCUT2D eigenvalue weighted by Crippen LogP contribution is 2.14. The molecule has 86 valence electrons. The van der Waals surface area contributed by atoms with Gasteiger partial charge in [-0.2, -0.15) is 4.98 Å². The monoisotopic (exact) mass is 244 g/mol. The number of imidazole rings is 1. The molecule has 0 radical (unpaired) electrons. The molecule has 2 heterocycles. The molecule has 0 aliphatic rings. The Bertz CT molecular complexity index is 654. The van der Waals surface area contributed by atoms with Gasteiger partial charge in [-0.15, -0.1) is 0 Å². The second-order valence-electron chi connectivity index (χ2n) is 3.25. The predicted molar refractivity (Wildman–Crippen MR) is 57.7 cm³/mol. The lowest BCUT2D eigenvalue weighted by molar-refractivity contribution is 0.278. The van der Waals surface area contributed by atoms with E-state index >= 15 is 0 Å². The van der Waals surface area contributed by atoms with Crippen molar-refractivity contribution in [3.8, 4) is 0 Å². The Morgan fingerprint density at radius 3 is 2.81 bits per heavy atom. The van der Waals surface area contributed by atoms with Crippen molar-refractivity contribution in [1.82, 2.24) is 19.1 Å². The van der Waals surface area contributed by atoms with E-state index in [4.69, 9.17) is 16.7 Å². The van der Waals surface area contributed by atoms with Crippen LogP contribution in [0.2, 0.25) is 5.28 Å². The van der Waals surface area contributed by atoms with Gasteiger partial charge >= 0.3 is 5.69 Å². The Morgan fingerprint density at radius 2 is 2.19 bits per heavy atom. The summed E-state index contributed by atoms with van der Waals surface area (Å²) in [5.41, 5.74) is -0.734. The van der Waals surface area contributed by atoms with Crippen LogP contribution in [-0.4, -0.2) is 30.8 Å². The topological polar surface area (TPSA) is 92.9 Å². The number of aromatic amines is 1. The Hall–Kier alpha value is -1.60. The molecule has 2 aromatic heterocycles. The zero-order valence-corrected chi connectivity index (χ0v) is 9.15. The van der Waals surface area contributed by atoms with E-state index < -0.39 is 11.2 Å². The van der Waals surface area contributed by atoms with E-state index in [-0.39, 0.29) is 29.6 Å². The van der Waals surface area contributed by atoms with E-state index in [2.05, 4.69) is 9.97 Å². The van der Waals surface area contributed by atoms with Crippen LogP contribution < -0.4 is 11.2 Å². The average molecular weight is 245 g/mol. The van der Waals surface area contributed by atoms with Gasteiger partial charge in [0, 0.05) is 13.6 Å². The van der Waals surface area contributed by atoms with Crippen LogP contribution in [0.25, 0.3) is 11.2 Å². The van der Waals surface area contributed by atoms with E-state index in [9.17, 15) is 9.59 Å². The number of nitrogens with zero attached hydrogens (tertiary/aromatic N) is 3. The molecule has 0 saturated carbocycles. The first kappa shape index (κ1) is 10.9. The lowest BCUT2D eigenvalue weighted by Gasteiger charge is -2.01. The second-order valence-corrected chi connectivity index (χ2v) is 3.58. The molecule has 0 unspecified atom stereocenters. The van der Waals surface area contributed by atoms with Crippen molar-refractivity contribution in [2.45, 2.75) is 6.54 Å².